The summed E-state index contributed by atoms with van der Waals surface area (Å²) in [5.41, 5.74) is 5.32. The Bertz CT molecular complexity index is 988. The number of hydrogen-bond donors (Lipinski definition) is 2. The number of aromatic amines is 1. The first-order chi connectivity index (χ1) is 14.1. The molecule has 0 radical (unpaired) electrons. The lowest BCUT2D eigenvalue weighted by molar-refractivity contribution is 0.269. The molecular formula is C21H25ClN4O2S. The van der Waals surface area contributed by atoms with E-state index in [0.717, 1.165) is 29.8 Å². The number of aromatic nitrogens is 3. The summed E-state index contributed by atoms with van der Waals surface area (Å²) in [6.07, 6.45) is 1.81. The minimum absolute atomic E-state index is 0.419. The maximum absolute atomic E-state index is 6.53. The second-order valence-corrected chi connectivity index (χ2v) is 7.27. The Labute approximate surface area is 180 Å². The first-order valence-electron chi connectivity index (χ1n) is 9.64. The summed E-state index contributed by atoms with van der Waals surface area (Å²) in [7, 11) is 0. The highest BCUT2D eigenvalue weighted by atomic mass is 35.5. The molecule has 29 heavy (non-hydrogen) atoms. The van der Waals surface area contributed by atoms with Crippen molar-refractivity contribution in [2.75, 3.05) is 12.0 Å². The van der Waals surface area contributed by atoms with Crippen molar-refractivity contribution in [3.8, 4) is 11.5 Å². The van der Waals surface area contributed by atoms with Gasteiger partial charge in [0.1, 0.15) is 6.61 Å². The lowest BCUT2D eigenvalue weighted by Crippen LogP contribution is -2.17. The van der Waals surface area contributed by atoms with E-state index in [1.165, 1.54) is 0 Å². The summed E-state index contributed by atoms with van der Waals surface area (Å²) in [5.74, 6) is 2.04. The molecule has 2 aromatic carbocycles. The molecule has 3 aromatic rings. The third kappa shape index (κ3) is 5.52. The molecule has 1 aromatic heterocycles. The van der Waals surface area contributed by atoms with Gasteiger partial charge in [0.25, 0.3) is 0 Å². The van der Waals surface area contributed by atoms with Gasteiger partial charge in [0.15, 0.2) is 17.3 Å². The van der Waals surface area contributed by atoms with Crippen molar-refractivity contribution in [3.05, 3.63) is 69.2 Å². The second kappa shape index (κ2) is 10.3. The van der Waals surface area contributed by atoms with Crippen LogP contribution in [0, 0.1) is 4.77 Å². The van der Waals surface area contributed by atoms with Crippen molar-refractivity contribution in [1.29, 1.82) is 0 Å². The van der Waals surface area contributed by atoms with Gasteiger partial charge in [-0.15, -0.1) is 0 Å². The fourth-order valence-electron chi connectivity index (χ4n) is 2.91. The normalized spacial score (nSPS) is 10.7. The van der Waals surface area contributed by atoms with Crippen molar-refractivity contribution in [2.24, 2.45) is 0 Å². The number of nitrogens with zero attached hydrogens (tertiary/aromatic N) is 2. The lowest BCUT2D eigenvalue weighted by atomic mass is 10.2. The molecule has 3 rings (SSSR count). The number of halogens is 1. The molecule has 0 saturated carbocycles. The number of nitrogens with one attached hydrogen (secondary N) is 2. The van der Waals surface area contributed by atoms with E-state index in [1.54, 1.807) is 4.68 Å². The van der Waals surface area contributed by atoms with E-state index in [4.69, 9.17) is 33.3 Å². The highest BCUT2D eigenvalue weighted by molar-refractivity contribution is 7.71. The van der Waals surface area contributed by atoms with E-state index >= 15 is 0 Å². The van der Waals surface area contributed by atoms with Crippen LogP contribution >= 0.6 is 23.8 Å². The maximum atomic E-state index is 6.53. The van der Waals surface area contributed by atoms with Gasteiger partial charge in [-0.2, -0.15) is 5.10 Å². The summed E-state index contributed by atoms with van der Waals surface area (Å²) in [4.78, 5) is 0. The van der Waals surface area contributed by atoms with Crippen LogP contribution < -0.4 is 14.9 Å². The Morgan fingerprint density at radius 3 is 2.66 bits per heavy atom. The summed E-state index contributed by atoms with van der Waals surface area (Å²) >= 11 is 11.8. The fourth-order valence-corrected chi connectivity index (χ4v) is 3.41. The number of benzene rings is 2. The molecule has 0 atom stereocenters. The highest BCUT2D eigenvalue weighted by Gasteiger charge is 2.14. The molecule has 154 valence electrons. The maximum Gasteiger partial charge on any atom is 0.214 e. The summed E-state index contributed by atoms with van der Waals surface area (Å²) in [6.45, 7) is 5.49. The van der Waals surface area contributed by atoms with Crippen LogP contribution in [0.1, 0.15) is 37.2 Å². The van der Waals surface area contributed by atoms with Gasteiger partial charge in [-0.25, -0.2) is 4.68 Å². The van der Waals surface area contributed by atoms with Gasteiger partial charge in [-0.1, -0.05) is 48.9 Å². The molecule has 0 unspecified atom stereocenters. The van der Waals surface area contributed by atoms with Gasteiger partial charge in [-0.05, 0) is 48.8 Å². The smallest absolute Gasteiger partial charge is 0.214 e. The molecule has 0 bridgehead atoms. The molecule has 6 nitrogen and oxygen atoms in total. The largest absolute Gasteiger partial charge is 0.490 e. The monoisotopic (exact) mass is 432 g/mol. The average Bonchev–Trinajstić information content (AvgIpc) is 3.06. The first kappa shape index (κ1) is 21.2. The standard InChI is InChI=1S/C21H25ClN4O2S/c1-3-8-19-24-25-21(29)26(19)23-13-16-11-17(22)20(18(12-16)27-4-2)28-14-15-9-6-5-7-10-15/h5-7,9-12,23H,3-4,8,13-14H2,1-2H3,(H,25,29). The van der Waals surface area contributed by atoms with Crippen LogP contribution in [0.25, 0.3) is 0 Å². The van der Waals surface area contributed by atoms with Crippen LogP contribution in [0.2, 0.25) is 5.02 Å². The second-order valence-electron chi connectivity index (χ2n) is 6.48. The van der Waals surface area contributed by atoms with Crippen molar-refractivity contribution in [2.45, 2.75) is 39.8 Å². The van der Waals surface area contributed by atoms with Gasteiger partial charge in [-0.3, -0.25) is 5.10 Å². The number of H-pyrrole nitrogens is 1. The number of rotatable bonds is 10. The third-order valence-electron chi connectivity index (χ3n) is 4.25. The van der Waals surface area contributed by atoms with Crippen LogP contribution in [0.4, 0.5) is 0 Å². The van der Waals surface area contributed by atoms with Crippen molar-refractivity contribution in [3.63, 3.8) is 0 Å². The fraction of sp³-hybridized carbons (Fsp3) is 0.333. The highest BCUT2D eigenvalue weighted by Crippen LogP contribution is 2.37. The first-order valence-corrected chi connectivity index (χ1v) is 10.4. The SMILES string of the molecule is CCCc1n[nH]c(=S)n1NCc1cc(Cl)c(OCc2ccccc2)c(OCC)c1. The van der Waals surface area contributed by atoms with E-state index < -0.39 is 0 Å². The van der Waals surface area contributed by atoms with E-state index in [2.05, 4.69) is 22.5 Å². The van der Waals surface area contributed by atoms with Gasteiger partial charge in [0.2, 0.25) is 4.77 Å². The van der Waals surface area contributed by atoms with Crippen LogP contribution in [-0.4, -0.2) is 21.5 Å². The molecule has 0 aliphatic rings. The zero-order valence-corrected chi connectivity index (χ0v) is 18.1. The molecule has 0 amide bonds. The number of hydrogen-bond acceptors (Lipinski definition) is 5. The minimum atomic E-state index is 0.419. The van der Waals surface area contributed by atoms with Gasteiger partial charge in [0, 0.05) is 6.42 Å². The molecule has 0 aliphatic heterocycles. The molecule has 2 N–H and O–H groups in total. The summed E-state index contributed by atoms with van der Waals surface area (Å²) < 4.78 is 14.1. The van der Waals surface area contributed by atoms with Crippen molar-refractivity contribution < 1.29 is 9.47 Å². The van der Waals surface area contributed by atoms with E-state index in [1.807, 2.05) is 49.4 Å². The Morgan fingerprint density at radius 2 is 1.93 bits per heavy atom. The molecule has 0 spiro atoms. The topological polar surface area (TPSA) is 64.1 Å². The summed E-state index contributed by atoms with van der Waals surface area (Å²) in [5, 5.41) is 7.60. The van der Waals surface area contributed by atoms with Crippen molar-refractivity contribution >= 4 is 23.8 Å². The summed E-state index contributed by atoms with van der Waals surface area (Å²) in [6, 6.07) is 13.8. The van der Waals surface area contributed by atoms with Crippen LogP contribution in [0.15, 0.2) is 42.5 Å². The van der Waals surface area contributed by atoms with Crippen LogP contribution in [-0.2, 0) is 19.6 Å². The van der Waals surface area contributed by atoms with E-state index in [9.17, 15) is 0 Å². The molecule has 0 aliphatic carbocycles. The molecule has 1 heterocycles. The Balaban J connectivity index is 1.77. The Morgan fingerprint density at radius 1 is 1.14 bits per heavy atom. The molecule has 0 fully saturated rings. The molecule has 0 saturated heterocycles. The molecule has 8 heteroatoms. The zero-order chi connectivity index (χ0) is 20.6. The third-order valence-corrected chi connectivity index (χ3v) is 4.81. The van der Waals surface area contributed by atoms with Gasteiger partial charge < -0.3 is 14.9 Å². The van der Waals surface area contributed by atoms with Gasteiger partial charge >= 0.3 is 0 Å². The Hall–Kier alpha value is -2.51. The van der Waals surface area contributed by atoms with Crippen LogP contribution in [0.5, 0.6) is 11.5 Å². The minimum Gasteiger partial charge on any atom is -0.490 e. The van der Waals surface area contributed by atoms with Crippen LogP contribution in [0.3, 0.4) is 0 Å². The predicted molar refractivity (Wildman–Crippen MR) is 118 cm³/mol. The zero-order valence-electron chi connectivity index (χ0n) is 16.6. The number of aryl methyl sites for hydroxylation is 1. The van der Waals surface area contributed by atoms with E-state index in [0.29, 0.717) is 41.1 Å². The quantitative estimate of drug-likeness (QED) is 0.427. The molecular weight excluding hydrogens is 408 g/mol. The van der Waals surface area contributed by atoms with Crippen molar-refractivity contribution in [1.82, 2.24) is 14.9 Å². The lowest BCUT2D eigenvalue weighted by Gasteiger charge is -2.16. The number of ether oxygens (including phenoxy) is 2. The van der Waals surface area contributed by atoms with E-state index in [-0.39, 0.29) is 0 Å². The average molecular weight is 433 g/mol. The predicted octanol–water partition coefficient (Wildman–Crippen LogP) is 5.27. The van der Waals surface area contributed by atoms with Gasteiger partial charge in [0.05, 0.1) is 18.2 Å². The Kier molecular flexibility index (Phi) is 7.55.